The van der Waals surface area contributed by atoms with E-state index in [4.69, 9.17) is 52.1 Å². The van der Waals surface area contributed by atoms with Gasteiger partial charge in [0.25, 0.3) is 0 Å². The molecule has 8 fully saturated rings. The van der Waals surface area contributed by atoms with Gasteiger partial charge in [-0.25, -0.2) is 0 Å². The predicted molar refractivity (Wildman–Crippen MR) is 283 cm³/mol. The Balaban J connectivity index is 0.857. The highest BCUT2D eigenvalue weighted by atomic mass is 16.8. The minimum Gasteiger partial charge on any atom is -0.462 e. The Morgan fingerprint density at radius 1 is 0.588 bits per heavy atom. The molecule has 0 aromatic heterocycles. The Morgan fingerprint density at radius 3 is 1.69 bits per heavy atom. The van der Waals surface area contributed by atoms with Crippen LogP contribution in [0, 0.1) is 40.4 Å². The average Bonchev–Trinajstić information content (AvgIpc) is 1.68. The largest absolute Gasteiger partial charge is 0.462 e. The second kappa shape index (κ2) is 27.4. The summed E-state index contributed by atoms with van der Waals surface area (Å²) in [5, 5.41) is 160. The first kappa shape index (κ1) is 67.3. The molecule has 0 radical (unpaired) electrons. The molecule has 0 aromatic carbocycles. The number of allylic oxidation sites excluding steroid dienone is 1. The van der Waals surface area contributed by atoms with Crippen LogP contribution in [0.1, 0.15) is 99.3 Å². The van der Waals surface area contributed by atoms with E-state index < -0.39 is 203 Å². The van der Waals surface area contributed by atoms with Gasteiger partial charge < -0.3 is 129 Å². The smallest absolute Gasteiger partial charge is 0.306 e. The molecule has 0 spiro atoms. The van der Waals surface area contributed by atoms with Crippen LogP contribution in [-0.4, -0.2) is 281 Å². The summed E-state index contributed by atoms with van der Waals surface area (Å²) in [5.74, 6) is -0.879. The summed E-state index contributed by atoms with van der Waals surface area (Å²) in [6, 6.07) is 0. The molecule has 28 nitrogen and oxygen atoms in total. The molecule has 9 aliphatic rings. The number of carbonyl (C=O) groups is 2. The van der Waals surface area contributed by atoms with Gasteiger partial charge in [0.05, 0.1) is 50.7 Å². The van der Waals surface area contributed by atoms with Crippen molar-refractivity contribution in [2.24, 2.45) is 40.4 Å². The van der Waals surface area contributed by atoms with Gasteiger partial charge in [0, 0.05) is 6.42 Å². The maximum absolute atomic E-state index is 13.6. The van der Waals surface area contributed by atoms with Crippen LogP contribution in [0.4, 0.5) is 0 Å². The van der Waals surface area contributed by atoms with Crippen molar-refractivity contribution in [3.8, 4) is 0 Å². The van der Waals surface area contributed by atoms with E-state index >= 15 is 0 Å². The zero-order chi connectivity index (χ0) is 61.9. The van der Waals surface area contributed by atoms with E-state index in [0.29, 0.717) is 38.5 Å². The standard InChI is InChI=1S/C57H92O28/c1-21(20-75-51-43(70)41(68)38(65)31(17-58)80-51)7-10-34(62)79-30-16-29-27-9-8-25-15-26(11-13-56(25,5)28(27)12-14-57(29,6)35(30)22(2)61)78-55-50(85-53-45(72)40(67)37(64)24(4)77-53)47(74)49(33(19-60)82-55)84-54-46(73)42(69)48(32(18-59)81-54)83-52-44(71)39(66)36(63)23(3)76-52/h8,21,23-24,26-33,35-55,58-60,63-74H,7,9-20H2,1-6H3. The summed E-state index contributed by atoms with van der Waals surface area (Å²) in [6.07, 6.45) is -34.2. The maximum Gasteiger partial charge on any atom is 0.306 e. The molecule has 34 atom stereocenters. The first-order chi connectivity index (χ1) is 40.2. The van der Waals surface area contributed by atoms with E-state index in [0.717, 1.165) is 18.4 Å². The summed E-state index contributed by atoms with van der Waals surface area (Å²) >= 11 is 0. The van der Waals surface area contributed by atoms with Gasteiger partial charge in [-0.05, 0) is 107 Å². The lowest BCUT2D eigenvalue weighted by Crippen LogP contribution is -2.67. The fourth-order valence-electron chi connectivity index (χ4n) is 15.4. The topological polar surface area (TPSA) is 439 Å². The first-order valence-corrected chi connectivity index (χ1v) is 30.1. The fourth-order valence-corrected chi connectivity index (χ4v) is 15.4. The van der Waals surface area contributed by atoms with E-state index in [1.165, 1.54) is 13.8 Å². The molecule has 15 N–H and O–H groups in total. The molecular weight excluding hydrogens is 1130 g/mol. The summed E-state index contributed by atoms with van der Waals surface area (Å²) in [4.78, 5) is 27.2. The van der Waals surface area contributed by atoms with Gasteiger partial charge in [-0.15, -0.1) is 0 Å². The third-order valence-electron chi connectivity index (χ3n) is 20.5. The van der Waals surface area contributed by atoms with Gasteiger partial charge in [0.15, 0.2) is 31.5 Å². The van der Waals surface area contributed by atoms with Crippen LogP contribution in [0.5, 0.6) is 0 Å². The van der Waals surface area contributed by atoms with Crippen molar-refractivity contribution in [2.45, 2.75) is 265 Å². The number of esters is 1. The molecule has 5 aliphatic heterocycles. The van der Waals surface area contributed by atoms with Crippen LogP contribution < -0.4 is 0 Å². The second-order valence-corrected chi connectivity index (χ2v) is 25.9. The third kappa shape index (κ3) is 13.2. The number of Topliss-reactive ketones (excluding diaryl/α,β-unsaturated/α-hetero) is 1. The van der Waals surface area contributed by atoms with Crippen molar-refractivity contribution >= 4 is 11.8 Å². The molecule has 0 amide bonds. The number of ketones is 1. The van der Waals surface area contributed by atoms with E-state index in [9.17, 15) is 86.2 Å². The van der Waals surface area contributed by atoms with Crippen LogP contribution in [-0.2, 0) is 61.7 Å². The molecular formula is C57H92O28. The lowest BCUT2D eigenvalue weighted by Gasteiger charge is -2.58. The molecule has 488 valence electrons. The van der Waals surface area contributed by atoms with E-state index in [1.54, 1.807) is 6.92 Å². The number of ether oxygens (including phenoxy) is 11. The zero-order valence-electron chi connectivity index (χ0n) is 48.8. The van der Waals surface area contributed by atoms with Gasteiger partial charge in [-0.3, -0.25) is 9.59 Å². The van der Waals surface area contributed by atoms with Crippen molar-refractivity contribution < 1.29 is 138 Å². The van der Waals surface area contributed by atoms with Crippen LogP contribution in [0.25, 0.3) is 0 Å². The molecule has 85 heavy (non-hydrogen) atoms. The Labute approximate surface area is 492 Å². The zero-order valence-corrected chi connectivity index (χ0v) is 48.8. The van der Waals surface area contributed by atoms with Gasteiger partial charge in [0.2, 0.25) is 0 Å². The molecule has 34 unspecified atom stereocenters. The molecule has 4 aliphatic carbocycles. The number of aliphatic hydroxyl groups excluding tert-OH is 15. The Bertz CT molecular complexity index is 2260. The molecule has 3 saturated carbocycles. The normalized spacial score (nSPS) is 51.4. The van der Waals surface area contributed by atoms with Crippen LogP contribution in [0.3, 0.4) is 0 Å². The van der Waals surface area contributed by atoms with Gasteiger partial charge >= 0.3 is 5.97 Å². The number of hydrogen-bond acceptors (Lipinski definition) is 28. The molecule has 0 aromatic rings. The Hall–Kier alpha value is -2.12. The highest BCUT2D eigenvalue weighted by Gasteiger charge is 2.64. The van der Waals surface area contributed by atoms with E-state index in [2.05, 4.69) is 19.9 Å². The highest BCUT2D eigenvalue weighted by molar-refractivity contribution is 5.81. The predicted octanol–water partition coefficient (Wildman–Crippen LogP) is -4.38. The van der Waals surface area contributed by atoms with Crippen LogP contribution in [0.15, 0.2) is 11.6 Å². The van der Waals surface area contributed by atoms with Crippen molar-refractivity contribution in [2.75, 3.05) is 26.4 Å². The van der Waals surface area contributed by atoms with Crippen molar-refractivity contribution in [1.82, 2.24) is 0 Å². The number of hydrogen-bond donors (Lipinski definition) is 15. The summed E-state index contributed by atoms with van der Waals surface area (Å²) in [5.41, 5.74) is 0.369. The van der Waals surface area contributed by atoms with Crippen molar-refractivity contribution in [3.63, 3.8) is 0 Å². The SMILES string of the molecule is CC(=O)C1C(OC(=O)CCC(C)COC2OC(CO)C(O)C(O)C2O)CC2C3CC=C4CC(OC5OC(CO)C(OC6OC(CO)C(OC7OC(C)C(O)C(O)C7O)C(O)C6O)C(O)C5OC5OC(C)C(O)C(O)C5O)CCC4(C)C3CCC21C. The minimum atomic E-state index is -2.01. The lowest BCUT2D eigenvalue weighted by atomic mass is 9.47. The van der Waals surface area contributed by atoms with Crippen LogP contribution in [0.2, 0.25) is 0 Å². The molecule has 5 heterocycles. The number of rotatable bonds is 19. The average molecular weight is 1230 g/mol. The van der Waals surface area contributed by atoms with Gasteiger partial charge in [-0.1, -0.05) is 32.4 Å². The minimum absolute atomic E-state index is 0.0241. The van der Waals surface area contributed by atoms with Crippen molar-refractivity contribution in [1.29, 1.82) is 0 Å². The van der Waals surface area contributed by atoms with E-state index in [-0.39, 0.29) is 47.9 Å². The summed E-state index contributed by atoms with van der Waals surface area (Å²) in [7, 11) is 0. The quantitative estimate of drug-likeness (QED) is 0.0429. The Kier molecular flexibility index (Phi) is 21.7. The molecule has 28 heteroatoms. The van der Waals surface area contributed by atoms with E-state index in [1.807, 2.05) is 6.92 Å². The second-order valence-electron chi connectivity index (χ2n) is 25.9. The lowest BCUT2D eigenvalue weighted by molar-refractivity contribution is -0.395. The first-order valence-electron chi connectivity index (χ1n) is 30.1. The summed E-state index contributed by atoms with van der Waals surface area (Å²) in [6.45, 7) is 8.33. The molecule has 0 bridgehead atoms. The van der Waals surface area contributed by atoms with Crippen molar-refractivity contribution in [3.05, 3.63) is 11.6 Å². The fraction of sp³-hybridized carbons (Fsp3) is 0.930. The molecule has 5 saturated heterocycles. The maximum atomic E-state index is 13.6. The Morgan fingerprint density at radius 2 is 1.11 bits per heavy atom. The third-order valence-corrected chi connectivity index (χ3v) is 20.5. The highest BCUT2D eigenvalue weighted by Crippen LogP contribution is 2.67. The monoisotopic (exact) mass is 1220 g/mol. The number of carbonyl (C=O) groups excluding carboxylic acids is 2. The number of aliphatic hydroxyl groups is 15. The summed E-state index contributed by atoms with van der Waals surface area (Å²) < 4.78 is 65.5. The molecule has 9 rings (SSSR count). The van der Waals surface area contributed by atoms with Crippen LogP contribution >= 0.6 is 0 Å². The number of fused-ring (bicyclic) bond motifs is 5. The van der Waals surface area contributed by atoms with Gasteiger partial charge in [0.1, 0.15) is 122 Å². The van der Waals surface area contributed by atoms with Gasteiger partial charge in [-0.2, -0.15) is 0 Å².